The molecule has 0 spiro atoms. The third-order valence-electron chi connectivity index (χ3n) is 2.15. The van der Waals surface area contributed by atoms with Crippen molar-refractivity contribution in [2.45, 2.75) is 19.4 Å². The highest BCUT2D eigenvalue weighted by atomic mass is 19.1. The molecule has 0 aliphatic carbocycles. The molecule has 1 amide bonds. The summed E-state index contributed by atoms with van der Waals surface area (Å²) in [6.07, 6.45) is 0.399. The van der Waals surface area contributed by atoms with Gasteiger partial charge in [-0.1, -0.05) is 0 Å². The predicted molar refractivity (Wildman–Crippen MR) is 52.7 cm³/mol. The third kappa shape index (κ3) is 1.69. The fourth-order valence-electron chi connectivity index (χ4n) is 1.54. The van der Waals surface area contributed by atoms with Gasteiger partial charge in [-0.25, -0.2) is 4.39 Å². The first-order valence-corrected chi connectivity index (χ1v) is 4.51. The van der Waals surface area contributed by atoms with Crippen LogP contribution in [0.3, 0.4) is 0 Å². The molecular formula is C10H11FN2O. The van der Waals surface area contributed by atoms with Crippen LogP contribution in [0.4, 0.5) is 15.8 Å². The summed E-state index contributed by atoms with van der Waals surface area (Å²) in [5.41, 5.74) is 1.28. The van der Waals surface area contributed by atoms with Gasteiger partial charge in [-0.3, -0.25) is 4.79 Å². The van der Waals surface area contributed by atoms with Gasteiger partial charge in [0.25, 0.3) is 0 Å². The van der Waals surface area contributed by atoms with E-state index in [4.69, 9.17) is 0 Å². The first kappa shape index (κ1) is 8.99. The number of nitrogens with one attached hydrogen (secondary N) is 2. The zero-order valence-electron chi connectivity index (χ0n) is 7.80. The molecule has 0 bridgehead atoms. The summed E-state index contributed by atoms with van der Waals surface area (Å²) in [6, 6.07) is 4.31. The van der Waals surface area contributed by atoms with Crippen LogP contribution in [-0.2, 0) is 4.79 Å². The van der Waals surface area contributed by atoms with Crippen LogP contribution in [0.5, 0.6) is 0 Å². The van der Waals surface area contributed by atoms with Crippen molar-refractivity contribution in [1.82, 2.24) is 0 Å². The summed E-state index contributed by atoms with van der Waals surface area (Å²) in [5, 5.41) is 5.78. The van der Waals surface area contributed by atoms with Crippen LogP contribution < -0.4 is 10.6 Å². The first-order chi connectivity index (χ1) is 6.65. The van der Waals surface area contributed by atoms with E-state index in [0.717, 1.165) is 0 Å². The number of carbonyl (C=O) groups is 1. The number of anilines is 2. The number of hydrogen-bond acceptors (Lipinski definition) is 2. The second-order valence-electron chi connectivity index (χ2n) is 3.49. The van der Waals surface area contributed by atoms with Gasteiger partial charge in [-0.05, 0) is 25.1 Å². The second-order valence-corrected chi connectivity index (χ2v) is 3.49. The van der Waals surface area contributed by atoms with Crippen molar-refractivity contribution in [2.24, 2.45) is 0 Å². The van der Waals surface area contributed by atoms with Crippen LogP contribution >= 0.6 is 0 Å². The number of halogens is 1. The normalized spacial score (nSPS) is 20.4. The van der Waals surface area contributed by atoms with E-state index in [9.17, 15) is 9.18 Å². The minimum Gasteiger partial charge on any atom is -0.380 e. The Labute approximate surface area is 81.3 Å². The maximum atomic E-state index is 12.9. The summed E-state index contributed by atoms with van der Waals surface area (Å²) in [5.74, 6) is -0.352. The van der Waals surface area contributed by atoms with Gasteiger partial charge in [0, 0.05) is 12.5 Å². The van der Waals surface area contributed by atoms with E-state index in [2.05, 4.69) is 10.6 Å². The number of rotatable bonds is 0. The molecule has 1 heterocycles. The lowest BCUT2D eigenvalue weighted by Crippen LogP contribution is -2.18. The Bertz CT molecular complexity index is 378. The highest BCUT2D eigenvalue weighted by Crippen LogP contribution is 2.26. The van der Waals surface area contributed by atoms with Crippen molar-refractivity contribution >= 4 is 17.3 Å². The Kier molecular flexibility index (Phi) is 2.11. The van der Waals surface area contributed by atoms with Crippen molar-refractivity contribution in [3.63, 3.8) is 0 Å². The average molecular weight is 194 g/mol. The molecule has 1 unspecified atom stereocenters. The van der Waals surface area contributed by atoms with E-state index in [1.165, 1.54) is 12.1 Å². The number of benzene rings is 1. The summed E-state index contributed by atoms with van der Waals surface area (Å²) in [7, 11) is 0. The van der Waals surface area contributed by atoms with E-state index in [1.807, 2.05) is 6.92 Å². The lowest BCUT2D eigenvalue weighted by Gasteiger charge is -2.10. The van der Waals surface area contributed by atoms with Crippen LogP contribution in [0.1, 0.15) is 13.3 Å². The van der Waals surface area contributed by atoms with Gasteiger partial charge in [0.15, 0.2) is 0 Å². The highest BCUT2D eigenvalue weighted by molar-refractivity contribution is 5.96. The lowest BCUT2D eigenvalue weighted by molar-refractivity contribution is -0.116. The largest absolute Gasteiger partial charge is 0.380 e. The fraction of sp³-hybridized carbons (Fsp3) is 0.300. The molecule has 2 N–H and O–H groups in total. The smallest absolute Gasteiger partial charge is 0.226 e. The maximum absolute atomic E-state index is 12.9. The molecule has 2 rings (SSSR count). The molecule has 0 radical (unpaired) electrons. The summed E-state index contributed by atoms with van der Waals surface area (Å²) < 4.78 is 12.9. The molecule has 1 aromatic rings. The molecule has 3 nitrogen and oxygen atoms in total. The Morgan fingerprint density at radius 2 is 2.21 bits per heavy atom. The monoisotopic (exact) mass is 194 g/mol. The SMILES string of the molecule is CC1CC(=O)Nc2ccc(F)cc2N1. The molecule has 0 aromatic heterocycles. The zero-order valence-corrected chi connectivity index (χ0v) is 7.80. The minimum absolute atomic E-state index is 0.0260. The van der Waals surface area contributed by atoms with Crippen molar-refractivity contribution in [2.75, 3.05) is 10.6 Å². The van der Waals surface area contributed by atoms with Crippen LogP contribution in [-0.4, -0.2) is 11.9 Å². The second kappa shape index (κ2) is 3.29. The molecule has 0 fully saturated rings. The van der Waals surface area contributed by atoms with Gasteiger partial charge in [-0.2, -0.15) is 0 Å². The molecule has 0 saturated carbocycles. The van der Waals surface area contributed by atoms with Crippen LogP contribution in [0.2, 0.25) is 0 Å². The number of fused-ring (bicyclic) bond motifs is 1. The van der Waals surface area contributed by atoms with Crippen LogP contribution in [0.25, 0.3) is 0 Å². The molecule has 1 atom stereocenters. The van der Waals surface area contributed by atoms with Gasteiger partial charge < -0.3 is 10.6 Å². The Morgan fingerprint density at radius 1 is 1.43 bits per heavy atom. The molecule has 1 aliphatic rings. The van der Waals surface area contributed by atoms with E-state index in [-0.39, 0.29) is 17.8 Å². The lowest BCUT2D eigenvalue weighted by atomic mass is 10.2. The summed E-state index contributed by atoms with van der Waals surface area (Å²) >= 11 is 0. The molecular weight excluding hydrogens is 183 g/mol. The van der Waals surface area contributed by atoms with E-state index in [1.54, 1.807) is 6.07 Å². The summed E-state index contributed by atoms with van der Waals surface area (Å²) in [6.45, 7) is 1.89. The van der Waals surface area contributed by atoms with Gasteiger partial charge >= 0.3 is 0 Å². The van der Waals surface area contributed by atoms with Gasteiger partial charge in [-0.15, -0.1) is 0 Å². The molecule has 1 aliphatic heterocycles. The Balaban J connectivity index is 2.41. The van der Waals surface area contributed by atoms with E-state index < -0.39 is 0 Å². The summed E-state index contributed by atoms with van der Waals surface area (Å²) in [4.78, 5) is 11.3. The Hall–Kier alpha value is -1.58. The number of carbonyl (C=O) groups excluding carboxylic acids is 1. The molecule has 4 heteroatoms. The maximum Gasteiger partial charge on any atom is 0.226 e. The average Bonchev–Trinajstić information content (AvgIpc) is 2.21. The topological polar surface area (TPSA) is 41.1 Å². The van der Waals surface area contributed by atoms with Crippen molar-refractivity contribution in [3.8, 4) is 0 Å². The number of amides is 1. The zero-order chi connectivity index (χ0) is 10.1. The number of hydrogen-bond donors (Lipinski definition) is 2. The highest BCUT2D eigenvalue weighted by Gasteiger charge is 2.17. The van der Waals surface area contributed by atoms with Crippen molar-refractivity contribution in [3.05, 3.63) is 24.0 Å². The van der Waals surface area contributed by atoms with Crippen molar-refractivity contribution < 1.29 is 9.18 Å². The first-order valence-electron chi connectivity index (χ1n) is 4.51. The van der Waals surface area contributed by atoms with Crippen LogP contribution in [0, 0.1) is 5.82 Å². The molecule has 1 aromatic carbocycles. The fourth-order valence-corrected chi connectivity index (χ4v) is 1.54. The van der Waals surface area contributed by atoms with Crippen LogP contribution in [0.15, 0.2) is 18.2 Å². The standard InChI is InChI=1S/C10H11FN2O/c1-6-4-10(14)13-8-3-2-7(11)5-9(8)12-6/h2-3,5-6,12H,4H2,1H3,(H,13,14). The minimum atomic E-state index is -0.306. The van der Waals surface area contributed by atoms with Gasteiger partial charge in [0.1, 0.15) is 5.82 Å². The van der Waals surface area contributed by atoms with Gasteiger partial charge in [0.2, 0.25) is 5.91 Å². The molecule has 74 valence electrons. The van der Waals surface area contributed by atoms with Crippen molar-refractivity contribution in [1.29, 1.82) is 0 Å². The van der Waals surface area contributed by atoms with E-state index in [0.29, 0.717) is 17.8 Å². The molecule has 14 heavy (non-hydrogen) atoms. The van der Waals surface area contributed by atoms with Gasteiger partial charge in [0.05, 0.1) is 11.4 Å². The predicted octanol–water partition coefficient (Wildman–Crippen LogP) is 1.97. The van der Waals surface area contributed by atoms with E-state index >= 15 is 0 Å². The molecule has 0 saturated heterocycles. The Morgan fingerprint density at radius 3 is 3.00 bits per heavy atom. The third-order valence-corrected chi connectivity index (χ3v) is 2.15. The quantitative estimate of drug-likeness (QED) is 0.663.